The lowest BCUT2D eigenvalue weighted by molar-refractivity contribution is 0.0697. The van der Waals surface area contributed by atoms with Gasteiger partial charge in [-0.05, 0) is 30.7 Å². The van der Waals surface area contributed by atoms with Crippen molar-refractivity contribution in [3.8, 4) is 0 Å². The van der Waals surface area contributed by atoms with Crippen LogP contribution in [0.25, 0.3) is 10.9 Å². The largest absolute Gasteiger partial charge is 0.478 e. The number of aryl methyl sites for hydroxylation is 1. The van der Waals surface area contributed by atoms with Crippen LogP contribution in [0.2, 0.25) is 0 Å². The number of aliphatic hydroxyl groups is 1. The molecule has 0 saturated carbocycles. The van der Waals surface area contributed by atoms with Crippen LogP contribution in [0.15, 0.2) is 24.4 Å². The number of carbonyl (C=O) groups is 1. The molecule has 0 fully saturated rings. The fourth-order valence-corrected chi connectivity index (χ4v) is 1.99. The SMILES string of the molecule is Cc1cc(C(=O)O)cc2ccn(CCO)c12. The maximum Gasteiger partial charge on any atom is 0.335 e. The van der Waals surface area contributed by atoms with E-state index in [0.29, 0.717) is 12.1 Å². The topological polar surface area (TPSA) is 62.5 Å². The number of rotatable bonds is 3. The molecule has 4 heteroatoms. The number of hydrogen-bond donors (Lipinski definition) is 2. The highest BCUT2D eigenvalue weighted by Crippen LogP contribution is 2.22. The Balaban J connectivity index is 2.64. The number of aromatic nitrogens is 1. The van der Waals surface area contributed by atoms with E-state index >= 15 is 0 Å². The molecule has 1 aromatic heterocycles. The van der Waals surface area contributed by atoms with Gasteiger partial charge in [-0.2, -0.15) is 0 Å². The van der Waals surface area contributed by atoms with Crippen LogP contribution in [0.1, 0.15) is 15.9 Å². The van der Waals surface area contributed by atoms with Gasteiger partial charge in [0.05, 0.1) is 17.7 Å². The monoisotopic (exact) mass is 219 g/mol. The maximum atomic E-state index is 10.9. The molecule has 0 saturated heterocycles. The van der Waals surface area contributed by atoms with Gasteiger partial charge in [-0.25, -0.2) is 4.79 Å². The Morgan fingerprint density at radius 2 is 2.19 bits per heavy atom. The van der Waals surface area contributed by atoms with E-state index in [4.69, 9.17) is 10.2 Å². The molecule has 0 aliphatic heterocycles. The molecule has 0 bridgehead atoms. The Labute approximate surface area is 92.7 Å². The molecule has 0 unspecified atom stereocenters. The normalized spacial score (nSPS) is 10.9. The van der Waals surface area contributed by atoms with E-state index in [1.165, 1.54) is 0 Å². The molecule has 0 aliphatic rings. The highest BCUT2D eigenvalue weighted by molar-refractivity contribution is 5.95. The van der Waals surface area contributed by atoms with Crippen molar-refractivity contribution in [1.82, 2.24) is 4.57 Å². The molecule has 1 heterocycles. The highest BCUT2D eigenvalue weighted by atomic mass is 16.4. The average Bonchev–Trinajstić information content (AvgIpc) is 2.62. The number of hydrogen-bond acceptors (Lipinski definition) is 2. The summed E-state index contributed by atoms with van der Waals surface area (Å²) in [4.78, 5) is 10.9. The van der Waals surface area contributed by atoms with Crippen molar-refractivity contribution in [3.05, 3.63) is 35.5 Å². The number of carboxylic acid groups (broad SMARTS) is 1. The van der Waals surface area contributed by atoms with Crippen LogP contribution in [0.4, 0.5) is 0 Å². The lowest BCUT2D eigenvalue weighted by Crippen LogP contribution is -2.02. The summed E-state index contributed by atoms with van der Waals surface area (Å²) in [5.41, 5.74) is 2.19. The van der Waals surface area contributed by atoms with E-state index < -0.39 is 5.97 Å². The third-order valence-corrected chi connectivity index (χ3v) is 2.64. The van der Waals surface area contributed by atoms with Crippen molar-refractivity contribution in [1.29, 1.82) is 0 Å². The van der Waals surface area contributed by atoms with E-state index in [1.54, 1.807) is 12.1 Å². The van der Waals surface area contributed by atoms with Gasteiger partial charge in [-0.1, -0.05) is 0 Å². The zero-order chi connectivity index (χ0) is 11.7. The van der Waals surface area contributed by atoms with E-state index in [1.807, 2.05) is 23.8 Å². The van der Waals surface area contributed by atoms with Gasteiger partial charge in [-0.3, -0.25) is 0 Å². The summed E-state index contributed by atoms with van der Waals surface area (Å²) < 4.78 is 1.93. The number of benzene rings is 1. The summed E-state index contributed by atoms with van der Waals surface area (Å²) >= 11 is 0. The Morgan fingerprint density at radius 3 is 2.81 bits per heavy atom. The minimum Gasteiger partial charge on any atom is -0.478 e. The predicted octanol–water partition coefficient (Wildman–Crippen LogP) is 1.64. The quantitative estimate of drug-likeness (QED) is 0.824. The number of aliphatic hydroxyl groups excluding tert-OH is 1. The Morgan fingerprint density at radius 1 is 1.44 bits per heavy atom. The molecule has 2 aromatic rings. The first-order valence-electron chi connectivity index (χ1n) is 5.07. The minimum absolute atomic E-state index is 0.0733. The van der Waals surface area contributed by atoms with Crippen LogP contribution in [-0.2, 0) is 6.54 Å². The maximum absolute atomic E-state index is 10.9. The Bertz CT molecular complexity index is 542. The standard InChI is InChI=1S/C12H13NO3/c1-8-6-10(12(15)16)7-9-2-3-13(4-5-14)11(8)9/h2-3,6-7,14H,4-5H2,1H3,(H,15,16). The summed E-state index contributed by atoms with van der Waals surface area (Å²) in [6.45, 7) is 2.48. The number of nitrogens with zero attached hydrogens (tertiary/aromatic N) is 1. The molecule has 4 nitrogen and oxygen atoms in total. The molecule has 84 valence electrons. The molecule has 2 rings (SSSR count). The molecule has 2 N–H and O–H groups in total. The first-order valence-corrected chi connectivity index (χ1v) is 5.07. The second-order valence-corrected chi connectivity index (χ2v) is 3.77. The first kappa shape index (κ1) is 10.7. The van der Waals surface area contributed by atoms with E-state index in [9.17, 15) is 4.79 Å². The highest BCUT2D eigenvalue weighted by Gasteiger charge is 2.09. The molecule has 0 atom stereocenters. The van der Waals surface area contributed by atoms with Gasteiger partial charge in [0.1, 0.15) is 0 Å². The number of fused-ring (bicyclic) bond motifs is 1. The van der Waals surface area contributed by atoms with Gasteiger partial charge in [0.2, 0.25) is 0 Å². The van der Waals surface area contributed by atoms with Gasteiger partial charge in [0.15, 0.2) is 0 Å². The minimum atomic E-state index is -0.917. The molecule has 16 heavy (non-hydrogen) atoms. The predicted molar refractivity (Wildman–Crippen MR) is 60.7 cm³/mol. The van der Waals surface area contributed by atoms with Crippen LogP contribution in [0.5, 0.6) is 0 Å². The van der Waals surface area contributed by atoms with E-state index in [0.717, 1.165) is 16.5 Å². The molecular weight excluding hydrogens is 206 g/mol. The van der Waals surface area contributed by atoms with Gasteiger partial charge in [0.25, 0.3) is 0 Å². The molecule has 0 aliphatic carbocycles. The smallest absolute Gasteiger partial charge is 0.335 e. The third kappa shape index (κ3) is 1.67. The second-order valence-electron chi connectivity index (χ2n) is 3.77. The van der Waals surface area contributed by atoms with Crippen molar-refractivity contribution >= 4 is 16.9 Å². The van der Waals surface area contributed by atoms with Gasteiger partial charge >= 0.3 is 5.97 Å². The summed E-state index contributed by atoms with van der Waals surface area (Å²) in [5, 5.41) is 18.7. The molecule has 0 amide bonds. The summed E-state index contributed by atoms with van der Waals surface area (Å²) in [6.07, 6.45) is 1.86. The summed E-state index contributed by atoms with van der Waals surface area (Å²) in [5.74, 6) is -0.917. The first-order chi connectivity index (χ1) is 7.63. The fraction of sp³-hybridized carbons (Fsp3) is 0.250. The zero-order valence-electron chi connectivity index (χ0n) is 8.97. The van der Waals surface area contributed by atoms with Crippen LogP contribution >= 0.6 is 0 Å². The second kappa shape index (κ2) is 3.98. The number of aromatic carboxylic acids is 1. The Hall–Kier alpha value is -1.81. The molecule has 0 radical (unpaired) electrons. The van der Waals surface area contributed by atoms with Gasteiger partial charge in [-0.15, -0.1) is 0 Å². The molecule has 1 aromatic carbocycles. The van der Waals surface area contributed by atoms with Crippen LogP contribution in [0, 0.1) is 6.92 Å². The van der Waals surface area contributed by atoms with E-state index in [2.05, 4.69) is 0 Å². The third-order valence-electron chi connectivity index (χ3n) is 2.64. The molecular formula is C12H13NO3. The van der Waals surface area contributed by atoms with Crippen molar-refractivity contribution in [2.24, 2.45) is 0 Å². The van der Waals surface area contributed by atoms with Crippen LogP contribution < -0.4 is 0 Å². The van der Waals surface area contributed by atoms with Gasteiger partial charge < -0.3 is 14.8 Å². The van der Waals surface area contributed by atoms with Crippen LogP contribution in [0.3, 0.4) is 0 Å². The van der Waals surface area contributed by atoms with Crippen molar-refractivity contribution < 1.29 is 15.0 Å². The van der Waals surface area contributed by atoms with Crippen LogP contribution in [-0.4, -0.2) is 27.4 Å². The van der Waals surface area contributed by atoms with Gasteiger partial charge in [0, 0.05) is 18.1 Å². The fourth-order valence-electron chi connectivity index (χ4n) is 1.99. The molecule has 0 spiro atoms. The van der Waals surface area contributed by atoms with Crippen molar-refractivity contribution in [3.63, 3.8) is 0 Å². The zero-order valence-corrected chi connectivity index (χ0v) is 8.97. The Kier molecular flexibility index (Phi) is 2.66. The summed E-state index contributed by atoms with van der Waals surface area (Å²) in [6, 6.07) is 5.17. The average molecular weight is 219 g/mol. The van der Waals surface area contributed by atoms with Crippen molar-refractivity contribution in [2.75, 3.05) is 6.61 Å². The van der Waals surface area contributed by atoms with E-state index in [-0.39, 0.29) is 6.61 Å². The number of carboxylic acids is 1. The summed E-state index contributed by atoms with van der Waals surface area (Å²) in [7, 11) is 0. The lowest BCUT2D eigenvalue weighted by Gasteiger charge is -2.06. The lowest BCUT2D eigenvalue weighted by atomic mass is 10.1. The van der Waals surface area contributed by atoms with Crippen molar-refractivity contribution in [2.45, 2.75) is 13.5 Å².